The van der Waals surface area contributed by atoms with Gasteiger partial charge in [-0.1, -0.05) is 18.9 Å². The Hall–Kier alpha value is -3.31. The number of aromatic nitrogens is 1. The highest BCUT2D eigenvalue weighted by atomic mass is 19.1. The van der Waals surface area contributed by atoms with Crippen molar-refractivity contribution < 1.29 is 23.5 Å². The highest BCUT2D eigenvalue weighted by molar-refractivity contribution is 5.99. The fourth-order valence-corrected chi connectivity index (χ4v) is 7.01. The fourth-order valence-electron chi connectivity index (χ4n) is 7.01. The number of hydrogen-bond acceptors (Lipinski definition) is 6. The number of amides is 2. The number of fused-ring (bicyclic) bond motifs is 4. The van der Waals surface area contributed by atoms with Crippen LogP contribution in [0.3, 0.4) is 0 Å². The number of halogens is 2. The third-order valence-corrected chi connectivity index (χ3v) is 9.09. The van der Waals surface area contributed by atoms with Gasteiger partial charge in [-0.05, 0) is 50.8 Å². The number of nitrogens with one attached hydrogen (secondary N) is 1. The summed E-state index contributed by atoms with van der Waals surface area (Å²) in [4.78, 5) is 46.7. The second-order valence-electron chi connectivity index (χ2n) is 11.5. The van der Waals surface area contributed by atoms with Crippen LogP contribution in [0.5, 0.6) is 5.75 Å². The normalized spacial score (nSPS) is 24.9. The molecule has 1 aliphatic carbocycles. The van der Waals surface area contributed by atoms with Gasteiger partial charge in [-0.3, -0.25) is 19.3 Å². The molecule has 3 aliphatic heterocycles. The second-order valence-corrected chi connectivity index (χ2v) is 11.5. The van der Waals surface area contributed by atoms with Gasteiger partial charge in [-0.25, -0.2) is 8.78 Å². The largest absolute Gasteiger partial charge is 0.503 e. The molecule has 0 bridgehead atoms. The van der Waals surface area contributed by atoms with Gasteiger partial charge in [0.25, 0.3) is 11.8 Å². The minimum absolute atomic E-state index is 0.0562. The van der Waals surface area contributed by atoms with Crippen LogP contribution in [-0.2, 0) is 13.1 Å². The van der Waals surface area contributed by atoms with Gasteiger partial charge in [0, 0.05) is 50.0 Å². The maximum absolute atomic E-state index is 14.0. The average molecular weight is 556 g/mol. The summed E-state index contributed by atoms with van der Waals surface area (Å²) in [6, 6.07) is 3.08. The lowest BCUT2D eigenvalue weighted by Gasteiger charge is -2.55. The van der Waals surface area contributed by atoms with Crippen LogP contribution in [0.4, 0.5) is 8.78 Å². The van der Waals surface area contributed by atoms with Crippen molar-refractivity contribution in [1.29, 1.82) is 0 Å². The first-order chi connectivity index (χ1) is 19.3. The molecule has 40 heavy (non-hydrogen) atoms. The smallest absolute Gasteiger partial charge is 0.276 e. The first-order valence-corrected chi connectivity index (χ1v) is 14.3. The molecule has 1 aromatic heterocycles. The standard InChI is InChI=1S/C29H35F2N5O4/c30-20-8-7-18(22(31)13-20)14-32-28(39)21-16-35-17-24-34(12-11-33-9-3-4-10-33)15-19-5-1-2-6-23(19)36(24)29(40)25(35)27(38)26(21)37/h7-8,13,16,19,23-24,38H,1-6,9-12,14-15,17H2,(H,32,39). The number of hydrogen-bond donors (Lipinski definition) is 2. The van der Waals surface area contributed by atoms with Crippen molar-refractivity contribution in [3.05, 3.63) is 63.1 Å². The number of pyridine rings is 1. The minimum Gasteiger partial charge on any atom is -0.503 e. The molecule has 3 unspecified atom stereocenters. The van der Waals surface area contributed by atoms with Gasteiger partial charge in [0.1, 0.15) is 23.4 Å². The zero-order valence-electron chi connectivity index (χ0n) is 22.5. The number of aromatic hydroxyl groups is 1. The summed E-state index contributed by atoms with van der Waals surface area (Å²) in [6.07, 6.45) is 7.62. The monoisotopic (exact) mass is 555 g/mol. The van der Waals surface area contributed by atoms with Gasteiger partial charge in [0.15, 0.2) is 11.4 Å². The third-order valence-electron chi connectivity index (χ3n) is 9.09. The van der Waals surface area contributed by atoms with Crippen LogP contribution in [0.15, 0.2) is 29.2 Å². The molecule has 2 saturated heterocycles. The molecule has 4 heterocycles. The zero-order valence-corrected chi connectivity index (χ0v) is 22.5. The van der Waals surface area contributed by atoms with Gasteiger partial charge >= 0.3 is 0 Å². The van der Waals surface area contributed by atoms with Gasteiger partial charge in [-0.2, -0.15) is 0 Å². The van der Waals surface area contributed by atoms with E-state index in [1.807, 2.05) is 4.90 Å². The Kier molecular flexibility index (Phi) is 7.35. The Morgan fingerprint density at radius 3 is 2.58 bits per heavy atom. The lowest BCUT2D eigenvalue weighted by molar-refractivity contribution is -0.0751. The van der Waals surface area contributed by atoms with Crippen LogP contribution in [0.1, 0.15) is 64.9 Å². The van der Waals surface area contributed by atoms with Crippen LogP contribution in [0.2, 0.25) is 0 Å². The van der Waals surface area contributed by atoms with Crippen LogP contribution in [0, 0.1) is 17.6 Å². The maximum Gasteiger partial charge on any atom is 0.276 e. The van der Waals surface area contributed by atoms with Crippen molar-refractivity contribution in [3.8, 4) is 5.75 Å². The molecule has 0 spiro atoms. The first-order valence-electron chi connectivity index (χ1n) is 14.3. The van der Waals surface area contributed by atoms with E-state index in [0.29, 0.717) is 12.5 Å². The van der Waals surface area contributed by atoms with E-state index < -0.39 is 28.7 Å². The summed E-state index contributed by atoms with van der Waals surface area (Å²) in [5.74, 6) is -3.13. The summed E-state index contributed by atoms with van der Waals surface area (Å²) in [6.45, 7) is 4.86. The molecule has 3 fully saturated rings. The van der Waals surface area contributed by atoms with Crippen LogP contribution in [0.25, 0.3) is 0 Å². The molecular weight excluding hydrogens is 520 g/mol. The quantitative estimate of drug-likeness (QED) is 0.569. The molecule has 4 aliphatic rings. The van der Waals surface area contributed by atoms with Crippen LogP contribution >= 0.6 is 0 Å². The van der Waals surface area contributed by atoms with Crippen molar-refractivity contribution in [2.75, 3.05) is 32.7 Å². The Labute approximate surface area is 231 Å². The molecule has 9 nitrogen and oxygen atoms in total. The Morgan fingerprint density at radius 1 is 1.02 bits per heavy atom. The van der Waals surface area contributed by atoms with Crippen molar-refractivity contribution in [1.82, 2.24) is 24.6 Å². The van der Waals surface area contributed by atoms with Crippen molar-refractivity contribution in [2.24, 2.45) is 5.92 Å². The molecule has 6 rings (SSSR count). The molecule has 1 aromatic carbocycles. The summed E-state index contributed by atoms with van der Waals surface area (Å²) < 4.78 is 28.8. The highest BCUT2D eigenvalue weighted by Gasteiger charge is 2.48. The minimum atomic E-state index is -0.946. The Bertz CT molecular complexity index is 1370. The Balaban J connectivity index is 1.28. The molecule has 2 amide bonds. The predicted octanol–water partition coefficient (Wildman–Crippen LogP) is 2.51. The summed E-state index contributed by atoms with van der Waals surface area (Å²) >= 11 is 0. The average Bonchev–Trinajstić information content (AvgIpc) is 3.46. The third kappa shape index (κ3) is 4.89. The number of rotatable bonds is 6. The van der Waals surface area contributed by atoms with E-state index in [-0.39, 0.29) is 41.5 Å². The van der Waals surface area contributed by atoms with E-state index in [1.165, 1.54) is 29.7 Å². The van der Waals surface area contributed by atoms with Gasteiger partial charge in [-0.15, -0.1) is 0 Å². The van der Waals surface area contributed by atoms with E-state index in [9.17, 15) is 28.3 Å². The predicted molar refractivity (Wildman–Crippen MR) is 143 cm³/mol. The summed E-state index contributed by atoms with van der Waals surface area (Å²) in [5.41, 5.74) is -1.31. The number of nitrogens with zero attached hydrogens (tertiary/aromatic N) is 4. The lowest BCUT2D eigenvalue weighted by atomic mass is 9.80. The van der Waals surface area contributed by atoms with Crippen molar-refractivity contribution in [2.45, 2.75) is 63.8 Å². The summed E-state index contributed by atoms with van der Waals surface area (Å²) in [7, 11) is 0. The van der Waals surface area contributed by atoms with E-state index >= 15 is 0 Å². The molecule has 2 aromatic rings. The van der Waals surface area contributed by atoms with Gasteiger partial charge < -0.3 is 24.8 Å². The zero-order chi connectivity index (χ0) is 28.0. The molecule has 2 N–H and O–H groups in total. The second kappa shape index (κ2) is 10.9. The van der Waals surface area contributed by atoms with Crippen molar-refractivity contribution >= 4 is 11.8 Å². The topological polar surface area (TPSA) is 98.1 Å². The van der Waals surface area contributed by atoms with E-state index in [1.54, 1.807) is 0 Å². The molecule has 1 saturated carbocycles. The number of carbonyl (C=O) groups is 2. The van der Waals surface area contributed by atoms with Crippen LogP contribution in [-0.4, -0.2) is 81.1 Å². The fraction of sp³-hybridized carbons (Fsp3) is 0.552. The number of likely N-dealkylation sites (tertiary alicyclic amines) is 1. The van der Waals surface area contributed by atoms with E-state index in [4.69, 9.17) is 0 Å². The number of benzene rings is 1. The number of carbonyl (C=O) groups excluding carboxylic acids is 2. The van der Waals surface area contributed by atoms with E-state index in [2.05, 4.69) is 15.1 Å². The molecule has 3 atom stereocenters. The maximum atomic E-state index is 14.0. The highest BCUT2D eigenvalue weighted by Crippen LogP contribution is 2.39. The van der Waals surface area contributed by atoms with Crippen molar-refractivity contribution in [3.63, 3.8) is 0 Å². The molecule has 11 heteroatoms. The SMILES string of the molecule is O=C(NCc1ccc(F)cc1F)c1cn2c(c(O)c1=O)C(=O)N1C3CCCCC3CN(CCN3CCCC3)C1C2. The molecule has 214 valence electrons. The van der Waals surface area contributed by atoms with Crippen LogP contribution < -0.4 is 10.7 Å². The Morgan fingerprint density at radius 2 is 1.80 bits per heavy atom. The lowest BCUT2D eigenvalue weighted by Crippen LogP contribution is -2.68. The van der Waals surface area contributed by atoms with Gasteiger partial charge in [0.05, 0.1) is 6.54 Å². The molecule has 0 radical (unpaired) electrons. The van der Waals surface area contributed by atoms with Gasteiger partial charge in [0.2, 0.25) is 5.43 Å². The molecular formula is C29H35F2N5O4. The first kappa shape index (κ1) is 26.9. The van der Waals surface area contributed by atoms with E-state index in [0.717, 1.165) is 70.5 Å². The summed E-state index contributed by atoms with van der Waals surface area (Å²) in [5, 5.41) is 13.4.